The van der Waals surface area contributed by atoms with Gasteiger partial charge in [0.2, 0.25) is 5.82 Å². The summed E-state index contributed by atoms with van der Waals surface area (Å²) in [6, 6.07) is 13.4. The maximum absolute atomic E-state index is 5.69. The van der Waals surface area contributed by atoms with Gasteiger partial charge in [0.25, 0.3) is 5.89 Å². The van der Waals surface area contributed by atoms with Gasteiger partial charge in [0.15, 0.2) is 6.61 Å². The molecule has 0 atom stereocenters. The van der Waals surface area contributed by atoms with E-state index in [1.807, 2.05) is 36.4 Å². The molecule has 0 radical (unpaired) electrons. The summed E-state index contributed by atoms with van der Waals surface area (Å²) in [6.07, 6.45) is 0.997. The molecule has 130 valence electrons. The largest absolute Gasteiger partial charge is 0.497 e. The molecule has 0 N–H and O–H groups in total. The van der Waals surface area contributed by atoms with E-state index in [9.17, 15) is 0 Å². The fourth-order valence-electron chi connectivity index (χ4n) is 2.37. The smallest absolute Gasteiger partial charge is 0.264 e. The molecule has 2 aromatic carbocycles. The van der Waals surface area contributed by atoms with Gasteiger partial charge in [-0.15, -0.1) is 0 Å². The van der Waals surface area contributed by atoms with E-state index in [2.05, 4.69) is 17.1 Å². The van der Waals surface area contributed by atoms with Crippen molar-refractivity contribution in [2.24, 2.45) is 0 Å². The number of aryl methyl sites for hydroxylation is 1. The van der Waals surface area contributed by atoms with E-state index >= 15 is 0 Å². The molecule has 0 fully saturated rings. The van der Waals surface area contributed by atoms with Gasteiger partial charge in [0, 0.05) is 6.07 Å². The van der Waals surface area contributed by atoms with Crippen LogP contribution >= 0.6 is 0 Å². The van der Waals surface area contributed by atoms with Crippen LogP contribution in [0.15, 0.2) is 47.0 Å². The lowest BCUT2D eigenvalue weighted by Gasteiger charge is -2.07. The lowest BCUT2D eigenvalue weighted by atomic mass is 10.2. The molecule has 0 bridgehead atoms. The molecule has 6 nitrogen and oxygen atoms in total. The summed E-state index contributed by atoms with van der Waals surface area (Å²) in [6.45, 7) is 2.32. The number of hydrogen-bond acceptors (Lipinski definition) is 6. The molecule has 3 aromatic rings. The number of aromatic nitrogens is 2. The minimum atomic E-state index is 0.205. The second-order valence-electron chi connectivity index (χ2n) is 5.36. The third kappa shape index (κ3) is 3.91. The van der Waals surface area contributed by atoms with Crippen molar-refractivity contribution in [3.63, 3.8) is 0 Å². The molecule has 1 heterocycles. The van der Waals surface area contributed by atoms with Gasteiger partial charge in [-0.3, -0.25) is 0 Å². The number of methoxy groups -OCH3 is 2. The van der Waals surface area contributed by atoms with Crippen molar-refractivity contribution >= 4 is 0 Å². The van der Waals surface area contributed by atoms with Gasteiger partial charge in [-0.05, 0) is 36.2 Å². The lowest BCUT2D eigenvalue weighted by molar-refractivity contribution is 0.243. The van der Waals surface area contributed by atoms with Gasteiger partial charge in [-0.1, -0.05) is 24.2 Å². The van der Waals surface area contributed by atoms with Crippen LogP contribution in [0, 0.1) is 0 Å². The number of rotatable bonds is 7. The summed E-state index contributed by atoms with van der Waals surface area (Å²) in [4.78, 5) is 4.37. The summed E-state index contributed by atoms with van der Waals surface area (Å²) in [5.74, 6) is 2.91. The quantitative estimate of drug-likeness (QED) is 0.650. The van der Waals surface area contributed by atoms with Crippen molar-refractivity contribution in [2.45, 2.75) is 20.0 Å². The van der Waals surface area contributed by atoms with Crippen LogP contribution in [0.2, 0.25) is 0 Å². The fourth-order valence-corrected chi connectivity index (χ4v) is 2.37. The van der Waals surface area contributed by atoms with E-state index in [0.717, 1.165) is 17.7 Å². The second kappa shape index (κ2) is 7.70. The molecule has 0 saturated heterocycles. The number of ether oxygens (including phenoxy) is 3. The Morgan fingerprint density at radius 2 is 1.72 bits per heavy atom. The molecule has 0 saturated carbocycles. The Labute approximate surface area is 146 Å². The van der Waals surface area contributed by atoms with Crippen LogP contribution < -0.4 is 14.2 Å². The van der Waals surface area contributed by atoms with E-state index in [0.29, 0.717) is 23.2 Å². The van der Waals surface area contributed by atoms with Crippen LogP contribution in [0.3, 0.4) is 0 Å². The zero-order chi connectivity index (χ0) is 17.6. The highest BCUT2D eigenvalue weighted by molar-refractivity contribution is 5.65. The Balaban J connectivity index is 1.71. The van der Waals surface area contributed by atoms with Crippen molar-refractivity contribution < 1.29 is 18.7 Å². The highest BCUT2D eigenvalue weighted by Gasteiger charge is 2.14. The van der Waals surface area contributed by atoms with E-state index in [4.69, 9.17) is 18.7 Å². The van der Waals surface area contributed by atoms with Gasteiger partial charge >= 0.3 is 0 Å². The Bertz CT molecular complexity index is 828. The maximum Gasteiger partial charge on any atom is 0.264 e. The maximum atomic E-state index is 5.69. The first kappa shape index (κ1) is 16.8. The minimum absolute atomic E-state index is 0.205. The minimum Gasteiger partial charge on any atom is -0.497 e. The number of nitrogens with zero attached hydrogens (tertiary/aromatic N) is 2. The molecular weight excluding hydrogens is 320 g/mol. The van der Waals surface area contributed by atoms with Crippen LogP contribution in [0.5, 0.6) is 17.2 Å². The standard InChI is InChI=1S/C19H20N2O4/c1-4-13-5-7-14(8-6-13)24-12-18-20-19(21-25-18)16-10-9-15(22-2)11-17(16)23-3/h5-11H,4,12H2,1-3H3. The summed E-state index contributed by atoms with van der Waals surface area (Å²) < 4.78 is 21.5. The summed E-state index contributed by atoms with van der Waals surface area (Å²) in [5.41, 5.74) is 1.99. The fraction of sp³-hybridized carbons (Fsp3) is 0.263. The molecule has 0 aliphatic rings. The van der Waals surface area contributed by atoms with E-state index in [1.54, 1.807) is 20.3 Å². The molecule has 25 heavy (non-hydrogen) atoms. The third-order valence-electron chi connectivity index (χ3n) is 3.81. The lowest BCUT2D eigenvalue weighted by Crippen LogP contribution is -1.96. The predicted molar refractivity (Wildman–Crippen MR) is 93.0 cm³/mol. The van der Waals surface area contributed by atoms with Crippen molar-refractivity contribution in [3.05, 3.63) is 53.9 Å². The van der Waals surface area contributed by atoms with Crippen LogP contribution in [0.4, 0.5) is 0 Å². The predicted octanol–water partition coefficient (Wildman–Crippen LogP) is 3.90. The molecular formula is C19H20N2O4. The zero-order valence-electron chi connectivity index (χ0n) is 14.5. The van der Waals surface area contributed by atoms with Crippen molar-refractivity contribution in [3.8, 4) is 28.6 Å². The molecule has 0 spiro atoms. The van der Waals surface area contributed by atoms with Gasteiger partial charge < -0.3 is 18.7 Å². The third-order valence-corrected chi connectivity index (χ3v) is 3.81. The van der Waals surface area contributed by atoms with Crippen molar-refractivity contribution in [2.75, 3.05) is 14.2 Å². The summed E-state index contributed by atoms with van der Waals surface area (Å²) in [5, 5.41) is 4.00. The molecule has 0 amide bonds. The first-order valence-electron chi connectivity index (χ1n) is 8.00. The summed E-state index contributed by atoms with van der Waals surface area (Å²) >= 11 is 0. The van der Waals surface area contributed by atoms with Gasteiger partial charge in [-0.2, -0.15) is 4.98 Å². The van der Waals surface area contributed by atoms with Crippen molar-refractivity contribution in [1.29, 1.82) is 0 Å². The molecule has 0 aliphatic heterocycles. The Hall–Kier alpha value is -3.02. The van der Waals surface area contributed by atoms with Crippen LogP contribution in [0.25, 0.3) is 11.4 Å². The van der Waals surface area contributed by atoms with E-state index in [1.165, 1.54) is 5.56 Å². The molecule has 0 unspecified atom stereocenters. The Morgan fingerprint density at radius 1 is 0.960 bits per heavy atom. The zero-order valence-corrected chi connectivity index (χ0v) is 14.5. The van der Waals surface area contributed by atoms with E-state index in [-0.39, 0.29) is 6.61 Å². The van der Waals surface area contributed by atoms with Crippen LogP contribution in [0.1, 0.15) is 18.4 Å². The molecule has 6 heteroatoms. The molecule has 0 aliphatic carbocycles. The summed E-state index contributed by atoms with van der Waals surface area (Å²) in [7, 11) is 3.19. The Morgan fingerprint density at radius 3 is 2.40 bits per heavy atom. The van der Waals surface area contributed by atoms with Gasteiger partial charge in [0.05, 0.1) is 19.8 Å². The first-order chi connectivity index (χ1) is 12.2. The van der Waals surface area contributed by atoms with Crippen LogP contribution in [-0.4, -0.2) is 24.4 Å². The monoisotopic (exact) mass is 340 g/mol. The highest BCUT2D eigenvalue weighted by Crippen LogP contribution is 2.31. The highest BCUT2D eigenvalue weighted by atomic mass is 16.5. The molecule has 1 aromatic heterocycles. The second-order valence-corrected chi connectivity index (χ2v) is 5.36. The average molecular weight is 340 g/mol. The SMILES string of the molecule is CCc1ccc(OCc2nc(-c3ccc(OC)cc3OC)no2)cc1. The Kier molecular flexibility index (Phi) is 5.18. The topological polar surface area (TPSA) is 66.6 Å². The van der Waals surface area contributed by atoms with Gasteiger partial charge in [0.1, 0.15) is 17.2 Å². The normalized spacial score (nSPS) is 10.5. The van der Waals surface area contributed by atoms with E-state index < -0.39 is 0 Å². The number of benzene rings is 2. The first-order valence-corrected chi connectivity index (χ1v) is 8.00. The van der Waals surface area contributed by atoms with Crippen molar-refractivity contribution in [1.82, 2.24) is 10.1 Å². The van der Waals surface area contributed by atoms with Gasteiger partial charge in [-0.25, -0.2) is 0 Å². The average Bonchev–Trinajstić information content (AvgIpc) is 3.15. The number of hydrogen-bond donors (Lipinski definition) is 0. The van der Waals surface area contributed by atoms with Crippen LogP contribution in [-0.2, 0) is 13.0 Å². The molecule has 3 rings (SSSR count).